The van der Waals surface area contributed by atoms with Gasteiger partial charge in [0.15, 0.2) is 6.29 Å². The number of aliphatic hydroxyl groups is 1. The van der Waals surface area contributed by atoms with Crippen molar-refractivity contribution in [2.75, 3.05) is 13.2 Å². The lowest BCUT2D eigenvalue weighted by atomic mass is 9.93. The summed E-state index contributed by atoms with van der Waals surface area (Å²) in [5.74, 6) is 0.936. The van der Waals surface area contributed by atoms with Gasteiger partial charge in [-0.1, -0.05) is 45.0 Å². The second-order valence-corrected chi connectivity index (χ2v) is 5.67. The second-order valence-electron chi connectivity index (χ2n) is 5.67. The maximum atomic E-state index is 9.03. The standard InChI is InChI=1S/C16H24O3/c1-11(2)13-5-4-6-14(8-13)12(3)7-16-18-10-15(9-17)19-16/h4-6,8,11-12,15-17H,7,9-10H2,1-3H3. The summed E-state index contributed by atoms with van der Waals surface area (Å²) >= 11 is 0. The minimum absolute atomic E-state index is 0.0354. The zero-order chi connectivity index (χ0) is 13.8. The number of rotatable bonds is 5. The van der Waals surface area contributed by atoms with E-state index in [-0.39, 0.29) is 19.0 Å². The third-order valence-corrected chi connectivity index (χ3v) is 3.71. The van der Waals surface area contributed by atoms with E-state index in [9.17, 15) is 0 Å². The lowest BCUT2D eigenvalue weighted by Gasteiger charge is -2.18. The Kier molecular flexibility index (Phi) is 4.97. The van der Waals surface area contributed by atoms with Crippen LogP contribution in [-0.4, -0.2) is 30.7 Å². The molecule has 0 bridgehead atoms. The highest BCUT2D eigenvalue weighted by Crippen LogP contribution is 2.27. The highest BCUT2D eigenvalue weighted by molar-refractivity contribution is 5.28. The Hall–Kier alpha value is -0.900. The molecule has 1 aromatic carbocycles. The van der Waals surface area contributed by atoms with Gasteiger partial charge < -0.3 is 14.6 Å². The molecule has 0 aliphatic carbocycles. The fraction of sp³-hybridized carbons (Fsp3) is 0.625. The van der Waals surface area contributed by atoms with Gasteiger partial charge in [0.05, 0.1) is 13.2 Å². The number of ether oxygens (including phenoxy) is 2. The fourth-order valence-corrected chi connectivity index (χ4v) is 2.38. The number of hydrogen-bond acceptors (Lipinski definition) is 3. The number of benzene rings is 1. The summed E-state index contributed by atoms with van der Waals surface area (Å²) < 4.78 is 11.2. The van der Waals surface area contributed by atoms with E-state index in [0.717, 1.165) is 6.42 Å². The molecule has 1 aliphatic rings. The smallest absolute Gasteiger partial charge is 0.158 e. The molecule has 106 valence electrons. The maximum Gasteiger partial charge on any atom is 0.158 e. The van der Waals surface area contributed by atoms with Crippen molar-refractivity contribution < 1.29 is 14.6 Å². The highest BCUT2D eigenvalue weighted by atomic mass is 16.7. The molecule has 2 rings (SSSR count). The van der Waals surface area contributed by atoms with Crippen LogP contribution in [0.3, 0.4) is 0 Å². The van der Waals surface area contributed by atoms with Crippen LogP contribution in [0.2, 0.25) is 0 Å². The number of hydrogen-bond donors (Lipinski definition) is 1. The molecule has 0 saturated carbocycles. The zero-order valence-electron chi connectivity index (χ0n) is 12.0. The Morgan fingerprint density at radius 2 is 2.00 bits per heavy atom. The van der Waals surface area contributed by atoms with Gasteiger partial charge in [-0.15, -0.1) is 0 Å². The predicted octanol–water partition coefficient (Wildman–Crippen LogP) is 3.04. The molecule has 1 saturated heterocycles. The lowest BCUT2D eigenvalue weighted by Crippen LogP contribution is -2.17. The highest BCUT2D eigenvalue weighted by Gasteiger charge is 2.27. The van der Waals surface area contributed by atoms with Crippen molar-refractivity contribution in [3.8, 4) is 0 Å². The van der Waals surface area contributed by atoms with Crippen molar-refractivity contribution in [2.24, 2.45) is 0 Å². The average Bonchev–Trinajstić information content (AvgIpc) is 2.86. The van der Waals surface area contributed by atoms with Crippen molar-refractivity contribution in [2.45, 2.75) is 51.4 Å². The van der Waals surface area contributed by atoms with Crippen LogP contribution >= 0.6 is 0 Å². The Morgan fingerprint density at radius 1 is 1.26 bits per heavy atom. The van der Waals surface area contributed by atoms with E-state index in [1.807, 2.05) is 0 Å². The van der Waals surface area contributed by atoms with Gasteiger partial charge in [-0.2, -0.15) is 0 Å². The normalized spacial score (nSPS) is 24.9. The summed E-state index contributed by atoms with van der Waals surface area (Å²) in [6.45, 7) is 7.14. The van der Waals surface area contributed by atoms with Gasteiger partial charge in [-0.25, -0.2) is 0 Å². The van der Waals surface area contributed by atoms with E-state index in [1.54, 1.807) is 0 Å². The molecule has 19 heavy (non-hydrogen) atoms. The first kappa shape index (κ1) is 14.5. The zero-order valence-corrected chi connectivity index (χ0v) is 12.0. The molecule has 3 atom stereocenters. The van der Waals surface area contributed by atoms with Crippen molar-refractivity contribution in [1.82, 2.24) is 0 Å². The van der Waals surface area contributed by atoms with Crippen LogP contribution in [0.4, 0.5) is 0 Å². The Morgan fingerprint density at radius 3 is 2.63 bits per heavy atom. The van der Waals surface area contributed by atoms with Crippen LogP contribution in [0, 0.1) is 0 Å². The summed E-state index contributed by atoms with van der Waals surface area (Å²) in [5, 5.41) is 9.03. The topological polar surface area (TPSA) is 38.7 Å². The molecule has 0 spiro atoms. The Balaban J connectivity index is 1.96. The Labute approximate surface area is 115 Å². The molecular weight excluding hydrogens is 240 g/mol. The summed E-state index contributed by atoms with van der Waals surface area (Å²) in [6, 6.07) is 8.72. The third kappa shape index (κ3) is 3.78. The molecular formula is C16H24O3. The van der Waals surface area contributed by atoms with Gasteiger partial charge in [0, 0.05) is 6.42 Å². The minimum Gasteiger partial charge on any atom is -0.394 e. The fourth-order valence-electron chi connectivity index (χ4n) is 2.38. The van der Waals surface area contributed by atoms with Crippen LogP contribution in [0.5, 0.6) is 0 Å². The number of aliphatic hydroxyl groups excluding tert-OH is 1. The largest absolute Gasteiger partial charge is 0.394 e. The summed E-state index contributed by atoms with van der Waals surface area (Å²) in [6.07, 6.45) is 0.493. The molecule has 1 aliphatic heterocycles. The molecule has 1 heterocycles. The van der Waals surface area contributed by atoms with Crippen molar-refractivity contribution >= 4 is 0 Å². The first-order chi connectivity index (χ1) is 9.10. The van der Waals surface area contributed by atoms with Gasteiger partial charge in [0.1, 0.15) is 6.10 Å². The lowest BCUT2D eigenvalue weighted by molar-refractivity contribution is -0.0720. The van der Waals surface area contributed by atoms with E-state index in [0.29, 0.717) is 18.4 Å². The molecule has 1 aromatic rings. The van der Waals surface area contributed by atoms with E-state index in [2.05, 4.69) is 45.0 Å². The molecule has 1 N–H and O–H groups in total. The van der Waals surface area contributed by atoms with Crippen LogP contribution in [0.15, 0.2) is 24.3 Å². The Bertz CT molecular complexity index is 403. The van der Waals surface area contributed by atoms with Crippen molar-refractivity contribution in [3.05, 3.63) is 35.4 Å². The maximum absolute atomic E-state index is 9.03. The van der Waals surface area contributed by atoms with Crippen molar-refractivity contribution in [3.63, 3.8) is 0 Å². The summed E-state index contributed by atoms with van der Waals surface area (Å²) in [7, 11) is 0. The van der Waals surface area contributed by atoms with E-state index >= 15 is 0 Å². The van der Waals surface area contributed by atoms with Gasteiger partial charge in [0.25, 0.3) is 0 Å². The van der Waals surface area contributed by atoms with Gasteiger partial charge in [-0.3, -0.25) is 0 Å². The van der Waals surface area contributed by atoms with Crippen molar-refractivity contribution in [1.29, 1.82) is 0 Å². The summed E-state index contributed by atoms with van der Waals surface area (Å²) in [5.41, 5.74) is 2.69. The first-order valence-electron chi connectivity index (χ1n) is 7.08. The minimum atomic E-state index is -0.185. The second kappa shape index (κ2) is 6.51. The quantitative estimate of drug-likeness (QED) is 0.888. The monoisotopic (exact) mass is 264 g/mol. The molecule has 0 radical (unpaired) electrons. The molecule has 3 unspecified atom stereocenters. The molecule has 0 amide bonds. The van der Waals surface area contributed by atoms with Crippen LogP contribution in [0.25, 0.3) is 0 Å². The third-order valence-electron chi connectivity index (χ3n) is 3.71. The average molecular weight is 264 g/mol. The molecule has 3 heteroatoms. The SMILES string of the molecule is CC(C)c1cccc(C(C)CC2OCC(CO)O2)c1. The van der Waals surface area contributed by atoms with E-state index < -0.39 is 0 Å². The first-order valence-corrected chi connectivity index (χ1v) is 7.08. The van der Waals surface area contributed by atoms with Gasteiger partial charge in [0.2, 0.25) is 0 Å². The molecule has 3 nitrogen and oxygen atoms in total. The van der Waals surface area contributed by atoms with E-state index in [4.69, 9.17) is 14.6 Å². The molecule has 1 fully saturated rings. The van der Waals surface area contributed by atoms with Gasteiger partial charge in [-0.05, 0) is 23.0 Å². The molecule has 0 aromatic heterocycles. The van der Waals surface area contributed by atoms with Crippen LogP contribution < -0.4 is 0 Å². The summed E-state index contributed by atoms with van der Waals surface area (Å²) in [4.78, 5) is 0. The van der Waals surface area contributed by atoms with E-state index in [1.165, 1.54) is 11.1 Å². The van der Waals surface area contributed by atoms with Gasteiger partial charge >= 0.3 is 0 Å². The van der Waals surface area contributed by atoms with Crippen LogP contribution in [0.1, 0.15) is 50.2 Å². The van der Waals surface area contributed by atoms with Crippen LogP contribution in [-0.2, 0) is 9.47 Å². The predicted molar refractivity (Wildman–Crippen MR) is 75.3 cm³/mol.